The van der Waals surface area contributed by atoms with Crippen LogP contribution in [0.4, 0.5) is 0 Å². The lowest BCUT2D eigenvalue weighted by molar-refractivity contribution is 0.147. The average Bonchev–Trinajstić information content (AvgIpc) is 2.68. The molecule has 0 bridgehead atoms. The van der Waals surface area contributed by atoms with Gasteiger partial charge in [-0.3, -0.25) is 0 Å². The fraction of sp³-hybridized carbons (Fsp3) is 1.00. The summed E-state index contributed by atoms with van der Waals surface area (Å²) in [6.07, 6.45) is 10.3. The lowest BCUT2D eigenvalue weighted by Crippen LogP contribution is -2.36. The van der Waals surface area contributed by atoms with Crippen molar-refractivity contribution < 1.29 is 5.11 Å². The van der Waals surface area contributed by atoms with E-state index in [0.29, 0.717) is 6.04 Å². The highest BCUT2D eigenvalue weighted by atomic mass is 16.3. The van der Waals surface area contributed by atoms with Gasteiger partial charge in [0.2, 0.25) is 0 Å². The predicted molar refractivity (Wildman–Crippen MR) is 67.4 cm³/mol. The molecule has 0 spiro atoms. The Kier molecular flexibility index (Phi) is 4.66. The van der Waals surface area contributed by atoms with Crippen molar-refractivity contribution in [1.29, 1.82) is 0 Å². The molecule has 2 aliphatic rings. The number of aliphatic hydroxyl groups is 1. The molecule has 0 amide bonds. The molecule has 0 aromatic heterocycles. The summed E-state index contributed by atoms with van der Waals surface area (Å²) in [5.41, 5.74) is 0. The molecule has 2 fully saturated rings. The van der Waals surface area contributed by atoms with Gasteiger partial charge in [-0.05, 0) is 44.1 Å². The third kappa shape index (κ3) is 3.46. The fourth-order valence-corrected chi connectivity index (χ4v) is 3.27. The largest absolute Gasteiger partial charge is 0.392 e. The predicted octanol–water partition coefficient (Wildman–Crippen LogP) is 2.71. The molecule has 2 nitrogen and oxygen atoms in total. The van der Waals surface area contributed by atoms with Gasteiger partial charge in [-0.1, -0.05) is 32.6 Å². The lowest BCUT2D eigenvalue weighted by atomic mass is 9.81. The summed E-state index contributed by atoms with van der Waals surface area (Å²) in [5.74, 6) is 1.91. The third-order valence-corrected chi connectivity index (χ3v) is 4.57. The van der Waals surface area contributed by atoms with Gasteiger partial charge in [-0.15, -0.1) is 0 Å². The van der Waals surface area contributed by atoms with Gasteiger partial charge in [0.05, 0.1) is 6.10 Å². The van der Waals surface area contributed by atoms with Gasteiger partial charge < -0.3 is 10.4 Å². The Hall–Kier alpha value is -0.0800. The van der Waals surface area contributed by atoms with Crippen LogP contribution in [-0.2, 0) is 0 Å². The van der Waals surface area contributed by atoms with E-state index in [0.717, 1.165) is 24.8 Å². The van der Waals surface area contributed by atoms with Crippen LogP contribution in [0, 0.1) is 11.8 Å². The maximum atomic E-state index is 9.70. The Morgan fingerprint density at radius 2 is 1.81 bits per heavy atom. The van der Waals surface area contributed by atoms with Crippen molar-refractivity contribution in [3.8, 4) is 0 Å². The Morgan fingerprint density at radius 3 is 2.44 bits per heavy atom. The van der Waals surface area contributed by atoms with E-state index < -0.39 is 0 Å². The van der Waals surface area contributed by atoms with Gasteiger partial charge in [0, 0.05) is 6.04 Å². The highest BCUT2D eigenvalue weighted by Gasteiger charge is 2.25. The highest BCUT2D eigenvalue weighted by molar-refractivity contribution is 4.82. The number of rotatable bonds is 4. The van der Waals surface area contributed by atoms with Gasteiger partial charge in [-0.25, -0.2) is 0 Å². The van der Waals surface area contributed by atoms with Crippen molar-refractivity contribution in [2.75, 3.05) is 6.54 Å². The normalized spacial score (nSPS) is 40.1. The van der Waals surface area contributed by atoms with E-state index in [2.05, 4.69) is 12.2 Å². The molecule has 0 heterocycles. The van der Waals surface area contributed by atoms with Crippen molar-refractivity contribution in [1.82, 2.24) is 5.32 Å². The molecule has 94 valence electrons. The van der Waals surface area contributed by atoms with E-state index in [9.17, 15) is 5.11 Å². The van der Waals surface area contributed by atoms with Crippen molar-refractivity contribution >= 4 is 0 Å². The first-order chi connectivity index (χ1) is 7.75. The summed E-state index contributed by atoms with van der Waals surface area (Å²) in [6, 6.07) is 0.391. The maximum Gasteiger partial charge on any atom is 0.0693 e. The van der Waals surface area contributed by atoms with Crippen LogP contribution in [0.2, 0.25) is 0 Å². The SMILES string of the molecule is CC1CCC(CCN[C@@H]2CCC[C@H]2O)CC1. The fourth-order valence-electron chi connectivity index (χ4n) is 3.27. The van der Waals surface area contributed by atoms with E-state index in [1.165, 1.54) is 44.9 Å². The van der Waals surface area contributed by atoms with Crippen molar-refractivity contribution in [2.45, 2.75) is 70.4 Å². The summed E-state index contributed by atoms with van der Waals surface area (Å²) in [7, 11) is 0. The van der Waals surface area contributed by atoms with E-state index in [1.54, 1.807) is 0 Å². The van der Waals surface area contributed by atoms with Crippen molar-refractivity contribution in [3.63, 3.8) is 0 Å². The quantitative estimate of drug-likeness (QED) is 0.771. The molecule has 2 rings (SSSR count). The number of nitrogens with one attached hydrogen (secondary N) is 1. The van der Waals surface area contributed by atoms with Gasteiger partial charge >= 0.3 is 0 Å². The first-order valence-corrected chi connectivity index (χ1v) is 7.17. The van der Waals surface area contributed by atoms with Gasteiger partial charge in [0.1, 0.15) is 0 Å². The molecule has 2 atom stereocenters. The standard InChI is InChI=1S/C14H27NO/c1-11-5-7-12(8-6-11)9-10-15-13-3-2-4-14(13)16/h11-16H,2-10H2,1H3/t11?,12?,13-,14-/m1/s1. The molecule has 2 saturated carbocycles. The topological polar surface area (TPSA) is 32.3 Å². The van der Waals surface area contributed by atoms with Gasteiger partial charge in [-0.2, -0.15) is 0 Å². The zero-order valence-corrected chi connectivity index (χ0v) is 10.6. The Labute approximate surface area is 99.8 Å². The van der Waals surface area contributed by atoms with E-state index in [-0.39, 0.29) is 6.10 Å². The molecule has 0 radical (unpaired) electrons. The van der Waals surface area contributed by atoms with Crippen LogP contribution >= 0.6 is 0 Å². The number of hydrogen-bond donors (Lipinski definition) is 2. The first-order valence-electron chi connectivity index (χ1n) is 7.17. The number of aliphatic hydroxyl groups excluding tert-OH is 1. The second kappa shape index (κ2) is 6.02. The van der Waals surface area contributed by atoms with Crippen LogP contribution in [0.25, 0.3) is 0 Å². The molecule has 2 heteroatoms. The highest BCUT2D eigenvalue weighted by Crippen LogP contribution is 2.30. The smallest absolute Gasteiger partial charge is 0.0693 e. The minimum Gasteiger partial charge on any atom is -0.392 e. The molecule has 0 aliphatic heterocycles. The van der Waals surface area contributed by atoms with Gasteiger partial charge in [0.25, 0.3) is 0 Å². The van der Waals surface area contributed by atoms with Crippen molar-refractivity contribution in [3.05, 3.63) is 0 Å². The van der Waals surface area contributed by atoms with Crippen LogP contribution < -0.4 is 5.32 Å². The van der Waals surface area contributed by atoms with Crippen LogP contribution in [0.1, 0.15) is 58.3 Å². The van der Waals surface area contributed by atoms with Crippen molar-refractivity contribution in [2.24, 2.45) is 11.8 Å². The maximum absolute atomic E-state index is 9.70. The molecule has 0 unspecified atom stereocenters. The zero-order valence-electron chi connectivity index (χ0n) is 10.6. The Morgan fingerprint density at radius 1 is 1.06 bits per heavy atom. The molecule has 0 aromatic rings. The monoisotopic (exact) mass is 225 g/mol. The van der Waals surface area contributed by atoms with E-state index >= 15 is 0 Å². The van der Waals surface area contributed by atoms with Crippen LogP contribution in [0.5, 0.6) is 0 Å². The van der Waals surface area contributed by atoms with Crippen LogP contribution in [0.15, 0.2) is 0 Å². The molecular weight excluding hydrogens is 198 g/mol. The Balaban J connectivity index is 1.57. The van der Waals surface area contributed by atoms with Crippen LogP contribution in [-0.4, -0.2) is 23.8 Å². The summed E-state index contributed by atoms with van der Waals surface area (Å²) >= 11 is 0. The molecule has 2 N–H and O–H groups in total. The molecule has 0 saturated heterocycles. The summed E-state index contributed by atoms with van der Waals surface area (Å²) in [5, 5.41) is 13.2. The Bertz CT molecular complexity index is 199. The third-order valence-electron chi connectivity index (χ3n) is 4.57. The lowest BCUT2D eigenvalue weighted by Gasteiger charge is -2.27. The summed E-state index contributed by atoms with van der Waals surface area (Å²) < 4.78 is 0. The molecular formula is C14H27NO. The van der Waals surface area contributed by atoms with Gasteiger partial charge in [0.15, 0.2) is 0 Å². The average molecular weight is 225 g/mol. The summed E-state index contributed by atoms with van der Waals surface area (Å²) in [4.78, 5) is 0. The van der Waals surface area contributed by atoms with E-state index in [1.807, 2.05) is 0 Å². The minimum absolute atomic E-state index is 0.0774. The molecule has 16 heavy (non-hydrogen) atoms. The second-order valence-corrected chi connectivity index (χ2v) is 5.97. The molecule has 0 aromatic carbocycles. The molecule has 2 aliphatic carbocycles. The van der Waals surface area contributed by atoms with Crippen LogP contribution in [0.3, 0.4) is 0 Å². The minimum atomic E-state index is -0.0774. The first kappa shape index (κ1) is 12.4. The zero-order chi connectivity index (χ0) is 11.4. The second-order valence-electron chi connectivity index (χ2n) is 5.97. The number of hydrogen-bond acceptors (Lipinski definition) is 2. The summed E-state index contributed by atoms with van der Waals surface area (Å²) in [6.45, 7) is 3.49. The van der Waals surface area contributed by atoms with E-state index in [4.69, 9.17) is 0 Å².